The summed E-state index contributed by atoms with van der Waals surface area (Å²) in [6.07, 6.45) is 6.79. The molecule has 5 nitrogen and oxygen atoms in total. The average Bonchev–Trinajstić information content (AvgIpc) is 4.13. The number of anilines is 1. The van der Waals surface area contributed by atoms with Gasteiger partial charge in [-0.25, -0.2) is 14.5 Å². The van der Waals surface area contributed by atoms with Crippen molar-refractivity contribution in [3.05, 3.63) is 169 Å². The van der Waals surface area contributed by atoms with E-state index in [1.54, 1.807) is 18.2 Å². The minimum atomic E-state index is -0.522. The van der Waals surface area contributed by atoms with Gasteiger partial charge in [0, 0.05) is 52.1 Å². The number of hydrogen-bond donors (Lipinski definition) is 0. The van der Waals surface area contributed by atoms with Gasteiger partial charge in [-0.2, -0.15) is 0 Å². The van der Waals surface area contributed by atoms with Gasteiger partial charge < -0.3 is 4.74 Å². The van der Waals surface area contributed by atoms with Gasteiger partial charge in [0.2, 0.25) is 6.34 Å². The van der Waals surface area contributed by atoms with Gasteiger partial charge in [0.25, 0.3) is 0 Å². The third-order valence-corrected chi connectivity index (χ3v) is 12.4. The topological polar surface area (TPSA) is 33.3 Å². The fourth-order valence-electron chi connectivity index (χ4n) is 9.85. The van der Waals surface area contributed by atoms with Crippen molar-refractivity contribution in [2.24, 2.45) is 11.8 Å². The Balaban J connectivity index is 1.06. The molecular formula is C53H47N4O+. The number of nitrogens with zero attached hydrogens (tertiary/aromatic N) is 4. The molecule has 0 N–H and O–H groups in total. The number of rotatable bonds is 7. The highest BCUT2D eigenvalue weighted by molar-refractivity contribution is 6.09. The van der Waals surface area contributed by atoms with E-state index in [-0.39, 0.29) is 34.5 Å². The summed E-state index contributed by atoms with van der Waals surface area (Å²) in [4.78, 5) is 7.08. The van der Waals surface area contributed by atoms with Crippen molar-refractivity contribution in [3.8, 4) is 39.6 Å². The van der Waals surface area contributed by atoms with Crippen molar-refractivity contribution in [2.45, 2.75) is 57.5 Å². The summed E-state index contributed by atoms with van der Waals surface area (Å²) in [6, 6.07) is 26.9. The van der Waals surface area contributed by atoms with Crippen LogP contribution in [0, 0.1) is 11.8 Å². The first-order chi connectivity index (χ1) is 32.5. The Morgan fingerprint density at radius 3 is 2.14 bits per heavy atom. The zero-order chi connectivity index (χ0) is 47.7. The minimum absolute atomic E-state index is 0.0316. The quantitative estimate of drug-likeness (QED) is 0.152. The third-order valence-electron chi connectivity index (χ3n) is 12.4. The zero-order valence-electron chi connectivity index (χ0n) is 42.5. The van der Waals surface area contributed by atoms with Crippen molar-refractivity contribution in [3.63, 3.8) is 0 Å². The number of hydrogen-bond acceptors (Lipinski definition) is 3. The van der Waals surface area contributed by atoms with Crippen LogP contribution in [0.25, 0.3) is 49.9 Å². The Morgan fingerprint density at radius 1 is 0.690 bits per heavy atom. The SMILES string of the molecule is [2H]c1c([2H])c([2H])c(-c2cccc(-c3c([2H])c([2H])c([2H])c([2H])c3[2H])c2[N+]2=CN(c3cccc(Oc4ccc5c6ccccc6n(-c6cc(C(C)(C)C)ccn6)c5c4)c3)C3C4CCC(C4)C32)c([2H])c1[2H]. The van der Waals surface area contributed by atoms with Gasteiger partial charge in [-0.1, -0.05) is 124 Å². The minimum Gasteiger partial charge on any atom is -0.457 e. The van der Waals surface area contributed by atoms with Crippen LogP contribution in [0.15, 0.2) is 164 Å². The smallest absolute Gasteiger partial charge is 0.245 e. The van der Waals surface area contributed by atoms with E-state index in [1.165, 1.54) is 5.56 Å². The van der Waals surface area contributed by atoms with Crippen molar-refractivity contribution in [2.75, 3.05) is 4.90 Å². The van der Waals surface area contributed by atoms with Crippen LogP contribution in [0.5, 0.6) is 11.5 Å². The Bertz CT molecular complexity index is 3330. The van der Waals surface area contributed by atoms with Crippen LogP contribution in [-0.4, -0.2) is 32.5 Å². The van der Waals surface area contributed by atoms with Crippen LogP contribution in [0.3, 0.4) is 0 Å². The molecule has 2 bridgehead atoms. The van der Waals surface area contributed by atoms with Crippen LogP contribution < -0.4 is 9.64 Å². The maximum absolute atomic E-state index is 9.09. The lowest BCUT2D eigenvalue weighted by molar-refractivity contribution is -0.481. The molecule has 6 aromatic carbocycles. The van der Waals surface area contributed by atoms with Crippen molar-refractivity contribution in [1.29, 1.82) is 0 Å². The molecule has 2 aromatic heterocycles. The van der Waals surface area contributed by atoms with Gasteiger partial charge in [-0.05, 0) is 83.8 Å². The molecule has 0 amide bonds. The molecule has 0 radical (unpaired) electrons. The second kappa shape index (κ2) is 13.6. The molecule has 3 aliphatic rings. The fourth-order valence-corrected chi connectivity index (χ4v) is 9.85. The second-order valence-corrected chi connectivity index (χ2v) is 16.7. The molecule has 1 aliphatic heterocycles. The second-order valence-electron chi connectivity index (χ2n) is 16.7. The molecular weight excluding hydrogens is 709 g/mol. The van der Waals surface area contributed by atoms with E-state index < -0.39 is 60.4 Å². The Morgan fingerprint density at radius 2 is 1.38 bits per heavy atom. The zero-order valence-corrected chi connectivity index (χ0v) is 32.5. The maximum Gasteiger partial charge on any atom is 0.245 e. The standard InChI is InChI=1S/C53H47N4O/c1-53(2,3)39-28-29-54-49(31-39)57-47-23-11-10-20-45(47)46-27-26-42(33-48(46)57)58-41-19-12-18-40(32-41)55-34-56(51-38-25-24-37(30-38)50(51)55)52-43(35-14-6-4-7-15-35)21-13-22-44(52)36-16-8-5-9-17-36/h4-23,26-29,31-34,37-38,50-51H,24-25,30H2,1-3H3/q+1/i4D,5D,6D,7D,8D,9D,14D,15D,16D,17D. The van der Waals surface area contributed by atoms with Crippen LogP contribution in [0.4, 0.5) is 11.4 Å². The Kier molecular flexibility index (Phi) is 6.03. The summed E-state index contributed by atoms with van der Waals surface area (Å²) < 4.78 is 98.6. The lowest BCUT2D eigenvalue weighted by atomic mass is 9.88. The monoisotopic (exact) mass is 765 g/mol. The summed E-state index contributed by atoms with van der Waals surface area (Å²) >= 11 is 0. The van der Waals surface area contributed by atoms with Crippen LogP contribution in [0.2, 0.25) is 0 Å². The Labute approximate surface area is 354 Å². The molecule has 3 heterocycles. The summed E-state index contributed by atoms with van der Waals surface area (Å²) in [7, 11) is 0. The fraction of sp³-hybridized carbons (Fsp3) is 0.208. The number of para-hydroxylation sites is 2. The summed E-state index contributed by atoms with van der Waals surface area (Å²) in [5.74, 6) is 2.61. The first-order valence-corrected chi connectivity index (χ1v) is 20.0. The number of benzene rings is 6. The maximum atomic E-state index is 9.09. The highest BCUT2D eigenvalue weighted by Gasteiger charge is 2.60. The predicted molar refractivity (Wildman–Crippen MR) is 238 cm³/mol. The van der Waals surface area contributed by atoms with Crippen LogP contribution in [0.1, 0.15) is 59.3 Å². The molecule has 5 heteroatoms. The van der Waals surface area contributed by atoms with E-state index in [0.717, 1.165) is 52.6 Å². The molecule has 284 valence electrons. The van der Waals surface area contributed by atoms with Crippen LogP contribution >= 0.6 is 0 Å². The number of aromatic nitrogens is 2. The van der Waals surface area contributed by atoms with Gasteiger partial charge in [0.05, 0.1) is 24.7 Å². The molecule has 58 heavy (non-hydrogen) atoms. The highest BCUT2D eigenvalue weighted by atomic mass is 16.5. The van der Waals surface area contributed by atoms with Gasteiger partial charge in [0.15, 0.2) is 0 Å². The number of pyridine rings is 1. The van der Waals surface area contributed by atoms with Gasteiger partial charge in [-0.15, -0.1) is 0 Å². The van der Waals surface area contributed by atoms with Crippen molar-refractivity contribution >= 4 is 39.5 Å². The van der Waals surface area contributed by atoms with Crippen molar-refractivity contribution < 1.29 is 23.0 Å². The largest absolute Gasteiger partial charge is 0.457 e. The van der Waals surface area contributed by atoms with E-state index in [2.05, 4.69) is 71.2 Å². The molecule has 2 aliphatic carbocycles. The van der Waals surface area contributed by atoms with E-state index >= 15 is 0 Å². The van der Waals surface area contributed by atoms with Gasteiger partial charge >= 0.3 is 0 Å². The molecule has 4 unspecified atom stereocenters. The highest BCUT2D eigenvalue weighted by Crippen LogP contribution is 2.54. The third kappa shape index (κ3) is 5.74. The molecule has 4 atom stereocenters. The van der Waals surface area contributed by atoms with Crippen LogP contribution in [-0.2, 0) is 5.41 Å². The van der Waals surface area contributed by atoms with E-state index in [0.29, 0.717) is 34.2 Å². The molecule has 11 rings (SSSR count). The first kappa shape index (κ1) is 25.7. The molecule has 8 aromatic rings. The number of fused-ring (bicyclic) bond motifs is 8. The molecule has 2 fully saturated rings. The molecule has 2 saturated carbocycles. The average molecular weight is 766 g/mol. The van der Waals surface area contributed by atoms with Gasteiger partial charge in [-0.3, -0.25) is 4.57 Å². The lowest BCUT2D eigenvalue weighted by Crippen LogP contribution is -2.42. The number of ether oxygens (including phenoxy) is 1. The summed E-state index contributed by atoms with van der Waals surface area (Å²) in [6.45, 7) is 6.58. The normalized spacial score (nSPS) is 22.3. The van der Waals surface area contributed by atoms with E-state index in [1.807, 2.05) is 55.0 Å². The van der Waals surface area contributed by atoms with Crippen molar-refractivity contribution in [1.82, 2.24) is 9.55 Å². The first-order valence-electron chi connectivity index (χ1n) is 25.0. The summed E-state index contributed by atoms with van der Waals surface area (Å²) in [5.41, 5.74) is 4.91. The molecule has 0 spiro atoms. The predicted octanol–water partition coefficient (Wildman–Crippen LogP) is 13.0. The Hall–Kier alpha value is -6.46. The van der Waals surface area contributed by atoms with Gasteiger partial charge in [0.1, 0.15) is 40.8 Å². The van der Waals surface area contributed by atoms with E-state index in [4.69, 9.17) is 23.4 Å². The summed E-state index contributed by atoms with van der Waals surface area (Å²) in [5, 5.41) is 2.18. The molecule has 0 saturated heterocycles. The van der Waals surface area contributed by atoms with E-state index in [9.17, 15) is 0 Å². The lowest BCUT2D eigenvalue weighted by Gasteiger charge is -2.27.